The van der Waals surface area contributed by atoms with Crippen molar-refractivity contribution in [1.29, 1.82) is 0 Å². The monoisotopic (exact) mass is 413 g/mol. The molecule has 152 valence electrons. The summed E-state index contributed by atoms with van der Waals surface area (Å²) in [5.41, 5.74) is 3.42. The van der Waals surface area contributed by atoms with Crippen molar-refractivity contribution in [2.24, 2.45) is 0 Å². The van der Waals surface area contributed by atoms with Crippen LogP contribution in [-0.2, 0) is 0 Å². The fourth-order valence-electron chi connectivity index (χ4n) is 3.12. The van der Waals surface area contributed by atoms with Gasteiger partial charge in [-0.05, 0) is 82.1 Å². The Morgan fingerprint density at radius 3 is 2.38 bits per heavy atom. The summed E-state index contributed by atoms with van der Waals surface area (Å²) in [7, 11) is 0. The average Bonchev–Trinajstić information content (AvgIpc) is 3.12. The second kappa shape index (κ2) is 7.99. The molecule has 1 aromatic heterocycles. The number of nitrogens with zero attached hydrogens (tertiary/aromatic N) is 2. The number of hydrogen-bond acceptors (Lipinski definition) is 2. The van der Waals surface area contributed by atoms with E-state index in [9.17, 15) is 9.18 Å². The molecule has 0 fully saturated rings. The van der Waals surface area contributed by atoms with Crippen LogP contribution in [-0.4, -0.2) is 21.2 Å². The number of nitrogens with one attached hydrogen (secondary N) is 1. The summed E-state index contributed by atoms with van der Waals surface area (Å²) in [4.78, 5) is 12.9. The smallest absolute Gasteiger partial charge is 0.251 e. The molecule has 3 aromatic rings. The van der Waals surface area contributed by atoms with Crippen molar-refractivity contribution in [3.05, 3.63) is 65.1 Å². The van der Waals surface area contributed by atoms with Crippen molar-refractivity contribution in [2.45, 2.75) is 46.2 Å². The van der Waals surface area contributed by atoms with Crippen molar-refractivity contribution >= 4 is 17.5 Å². The molecule has 2 aromatic carbocycles. The van der Waals surface area contributed by atoms with Crippen molar-refractivity contribution in [3.8, 4) is 22.4 Å². The lowest BCUT2D eigenvalue weighted by Gasteiger charge is -2.21. The van der Waals surface area contributed by atoms with E-state index in [0.29, 0.717) is 5.56 Å². The van der Waals surface area contributed by atoms with Crippen molar-refractivity contribution in [2.75, 3.05) is 0 Å². The van der Waals surface area contributed by atoms with Gasteiger partial charge in [0.1, 0.15) is 5.82 Å². The maximum absolute atomic E-state index is 13.6. The minimum atomic E-state index is -0.477. The summed E-state index contributed by atoms with van der Waals surface area (Å²) in [5.74, 6) is -0.653. The molecule has 0 spiro atoms. The molecule has 1 amide bonds. The second-order valence-electron chi connectivity index (χ2n) is 8.39. The molecule has 29 heavy (non-hydrogen) atoms. The van der Waals surface area contributed by atoms with Crippen LogP contribution in [0.1, 0.15) is 51.0 Å². The van der Waals surface area contributed by atoms with Gasteiger partial charge in [-0.3, -0.25) is 9.48 Å². The summed E-state index contributed by atoms with van der Waals surface area (Å²) in [6.45, 7) is 9.90. The second-order valence-corrected chi connectivity index (χ2v) is 8.79. The number of amides is 1. The third-order valence-electron chi connectivity index (χ3n) is 4.39. The van der Waals surface area contributed by atoms with Gasteiger partial charge in [-0.15, -0.1) is 0 Å². The standard InChI is InChI=1S/C23H25ClFN3O/c1-14(2)28-21(8-9-26-28)17-10-16(15-6-7-20(25)19(24)13-15)11-18(12-17)22(29)27-23(3,4)5/h6-14H,1-5H3,(H,27,29). The quantitative estimate of drug-likeness (QED) is 0.560. The Morgan fingerprint density at radius 2 is 1.76 bits per heavy atom. The van der Waals surface area contributed by atoms with Crippen molar-refractivity contribution < 1.29 is 9.18 Å². The molecule has 6 heteroatoms. The predicted molar refractivity (Wildman–Crippen MR) is 116 cm³/mol. The minimum Gasteiger partial charge on any atom is -0.347 e. The van der Waals surface area contributed by atoms with Crippen molar-refractivity contribution in [3.63, 3.8) is 0 Å². The number of carbonyl (C=O) groups excluding carboxylic acids is 1. The molecule has 0 saturated heterocycles. The largest absolute Gasteiger partial charge is 0.347 e. The fourth-order valence-corrected chi connectivity index (χ4v) is 3.30. The predicted octanol–water partition coefficient (Wildman–Crippen LogP) is 6.12. The minimum absolute atomic E-state index is 0.0424. The van der Waals surface area contributed by atoms with Gasteiger partial charge in [0.05, 0.1) is 10.7 Å². The topological polar surface area (TPSA) is 46.9 Å². The van der Waals surface area contributed by atoms with Crippen LogP contribution in [0, 0.1) is 5.82 Å². The van der Waals surface area contributed by atoms with E-state index < -0.39 is 5.82 Å². The van der Waals surface area contributed by atoms with E-state index in [4.69, 9.17) is 11.6 Å². The lowest BCUT2D eigenvalue weighted by atomic mass is 9.97. The number of hydrogen-bond donors (Lipinski definition) is 1. The molecule has 0 aliphatic carbocycles. The molecule has 0 atom stereocenters. The maximum Gasteiger partial charge on any atom is 0.251 e. The van der Waals surface area contributed by atoms with E-state index in [1.807, 2.05) is 57.5 Å². The first-order chi connectivity index (χ1) is 13.5. The van der Waals surface area contributed by atoms with Gasteiger partial charge in [-0.2, -0.15) is 5.10 Å². The third kappa shape index (κ3) is 4.85. The van der Waals surface area contributed by atoms with Gasteiger partial charge >= 0.3 is 0 Å². The molecular weight excluding hydrogens is 389 g/mol. The van der Waals surface area contributed by atoms with Crippen LogP contribution in [0.25, 0.3) is 22.4 Å². The van der Waals surface area contributed by atoms with Crippen LogP contribution in [0.15, 0.2) is 48.7 Å². The Bertz CT molecular complexity index is 1050. The first kappa shape index (κ1) is 21.1. The molecule has 3 rings (SSSR count). The lowest BCUT2D eigenvalue weighted by Crippen LogP contribution is -2.40. The lowest BCUT2D eigenvalue weighted by molar-refractivity contribution is 0.0919. The average molecular weight is 414 g/mol. The number of rotatable bonds is 4. The zero-order valence-corrected chi connectivity index (χ0v) is 18.0. The highest BCUT2D eigenvalue weighted by Gasteiger charge is 2.18. The summed E-state index contributed by atoms with van der Waals surface area (Å²) in [6.07, 6.45) is 1.74. The van der Waals surface area contributed by atoms with Crippen LogP contribution in [0.5, 0.6) is 0 Å². The number of halogens is 2. The van der Waals surface area contributed by atoms with Crippen LogP contribution in [0.4, 0.5) is 4.39 Å². The zero-order valence-electron chi connectivity index (χ0n) is 17.3. The zero-order chi connectivity index (χ0) is 21.3. The normalized spacial score (nSPS) is 11.7. The van der Waals surface area contributed by atoms with Crippen LogP contribution in [0.3, 0.4) is 0 Å². The Kier molecular flexibility index (Phi) is 5.80. The van der Waals surface area contributed by atoms with Gasteiger partial charge in [0.25, 0.3) is 5.91 Å². The molecular formula is C23H25ClFN3O. The molecule has 1 heterocycles. The highest BCUT2D eigenvalue weighted by molar-refractivity contribution is 6.31. The van der Waals surface area contributed by atoms with Gasteiger partial charge in [0.2, 0.25) is 0 Å². The number of carbonyl (C=O) groups is 1. The molecule has 0 radical (unpaired) electrons. The van der Waals surface area contributed by atoms with E-state index in [1.54, 1.807) is 24.4 Å². The third-order valence-corrected chi connectivity index (χ3v) is 4.68. The molecule has 1 N–H and O–H groups in total. The first-order valence-electron chi connectivity index (χ1n) is 9.52. The van der Waals surface area contributed by atoms with E-state index in [0.717, 1.165) is 22.4 Å². The Morgan fingerprint density at radius 1 is 1.07 bits per heavy atom. The van der Waals surface area contributed by atoms with E-state index in [2.05, 4.69) is 10.4 Å². The van der Waals surface area contributed by atoms with Crippen LogP contribution < -0.4 is 5.32 Å². The molecule has 4 nitrogen and oxygen atoms in total. The van der Waals surface area contributed by atoms with Gasteiger partial charge in [-0.1, -0.05) is 17.7 Å². The van der Waals surface area contributed by atoms with E-state index in [-0.39, 0.29) is 22.5 Å². The molecule has 0 saturated carbocycles. The summed E-state index contributed by atoms with van der Waals surface area (Å²) >= 11 is 5.99. The Hall–Kier alpha value is -2.66. The molecule has 0 unspecified atom stereocenters. The first-order valence-corrected chi connectivity index (χ1v) is 9.90. The maximum atomic E-state index is 13.6. The van der Waals surface area contributed by atoms with Gasteiger partial charge in [-0.25, -0.2) is 4.39 Å². The SMILES string of the molecule is CC(C)n1nccc1-c1cc(C(=O)NC(C)(C)C)cc(-c2ccc(F)c(Cl)c2)c1. The van der Waals surface area contributed by atoms with Crippen molar-refractivity contribution in [1.82, 2.24) is 15.1 Å². The van der Waals surface area contributed by atoms with Gasteiger partial charge in [0, 0.05) is 28.9 Å². The number of aromatic nitrogens is 2. The fraction of sp³-hybridized carbons (Fsp3) is 0.304. The van der Waals surface area contributed by atoms with Crippen LogP contribution >= 0.6 is 11.6 Å². The van der Waals surface area contributed by atoms with Gasteiger partial charge in [0.15, 0.2) is 0 Å². The van der Waals surface area contributed by atoms with Crippen LogP contribution in [0.2, 0.25) is 5.02 Å². The van der Waals surface area contributed by atoms with E-state index in [1.165, 1.54) is 6.07 Å². The van der Waals surface area contributed by atoms with Gasteiger partial charge < -0.3 is 5.32 Å². The molecule has 0 bridgehead atoms. The Labute approximate surface area is 175 Å². The highest BCUT2D eigenvalue weighted by Crippen LogP contribution is 2.31. The number of benzene rings is 2. The Balaban J connectivity index is 2.17. The highest BCUT2D eigenvalue weighted by atomic mass is 35.5. The summed E-state index contributed by atoms with van der Waals surface area (Å²) in [6, 6.07) is 12.3. The molecule has 0 aliphatic rings. The van der Waals surface area contributed by atoms with E-state index >= 15 is 0 Å². The molecule has 0 aliphatic heterocycles. The summed E-state index contributed by atoms with van der Waals surface area (Å²) in [5, 5.41) is 7.44. The summed E-state index contributed by atoms with van der Waals surface area (Å²) < 4.78 is 15.5.